The third-order valence-corrected chi connectivity index (χ3v) is 2.53. The van der Waals surface area contributed by atoms with Crippen LogP contribution in [0.2, 0.25) is 0 Å². The maximum Gasteiger partial charge on any atom is 0.214 e. The van der Waals surface area contributed by atoms with Gasteiger partial charge in [0.05, 0.1) is 6.10 Å². The predicted molar refractivity (Wildman–Crippen MR) is 61.1 cm³/mol. The Hall–Kier alpha value is -1.42. The monoisotopic (exact) mass is 220 g/mol. The summed E-state index contributed by atoms with van der Waals surface area (Å²) >= 11 is 1.57. The largest absolute Gasteiger partial charge is 0.475 e. The summed E-state index contributed by atoms with van der Waals surface area (Å²) in [6.45, 7) is 3.97. The van der Waals surface area contributed by atoms with Crippen molar-refractivity contribution < 1.29 is 4.74 Å². The van der Waals surface area contributed by atoms with Crippen LogP contribution in [0.1, 0.15) is 13.8 Å². The van der Waals surface area contributed by atoms with Gasteiger partial charge in [0.1, 0.15) is 10.7 Å². The molecule has 0 amide bonds. The van der Waals surface area contributed by atoms with Gasteiger partial charge in [-0.1, -0.05) is 6.07 Å². The van der Waals surface area contributed by atoms with Crippen LogP contribution in [0.4, 0.5) is 0 Å². The van der Waals surface area contributed by atoms with Gasteiger partial charge in [-0.3, -0.25) is 0 Å². The van der Waals surface area contributed by atoms with Gasteiger partial charge in [-0.2, -0.15) is 0 Å². The Kier molecular flexibility index (Phi) is 2.97. The van der Waals surface area contributed by atoms with E-state index >= 15 is 0 Å². The van der Waals surface area contributed by atoms with Crippen molar-refractivity contribution >= 4 is 11.3 Å². The highest BCUT2D eigenvalue weighted by Gasteiger charge is 2.04. The molecule has 0 N–H and O–H groups in total. The molecule has 0 saturated carbocycles. The number of hydrogen-bond acceptors (Lipinski definition) is 4. The molecule has 0 unspecified atom stereocenters. The topological polar surface area (TPSA) is 35.0 Å². The molecule has 2 aromatic heterocycles. The van der Waals surface area contributed by atoms with Crippen LogP contribution in [0, 0.1) is 0 Å². The van der Waals surface area contributed by atoms with Crippen molar-refractivity contribution in [3.05, 3.63) is 29.8 Å². The molecule has 0 atom stereocenters. The first-order chi connectivity index (χ1) is 7.25. The third-order valence-electron chi connectivity index (χ3n) is 1.73. The summed E-state index contributed by atoms with van der Waals surface area (Å²) in [6.07, 6.45) is 1.92. The van der Waals surface area contributed by atoms with E-state index in [-0.39, 0.29) is 6.10 Å². The molecule has 4 heteroatoms. The molecule has 15 heavy (non-hydrogen) atoms. The van der Waals surface area contributed by atoms with E-state index in [0.717, 1.165) is 10.7 Å². The van der Waals surface area contributed by atoms with Gasteiger partial charge in [0, 0.05) is 17.6 Å². The fourth-order valence-corrected chi connectivity index (χ4v) is 1.80. The minimum atomic E-state index is 0.143. The van der Waals surface area contributed by atoms with Crippen LogP contribution >= 0.6 is 11.3 Å². The zero-order chi connectivity index (χ0) is 10.7. The average molecular weight is 220 g/mol. The second-order valence-corrected chi connectivity index (χ2v) is 4.26. The average Bonchev–Trinajstić information content (AvgIpc) is 2.69. The molecular weight excluding hydrogens is 208 g/mol. The Morgan fingerprint density at radius 1 is 1.33 bits per heavy atom. The summed E-state index contributed by atoms with van der Waals surface area (Å²) < 4.78 is 5.52. The van der Waals surface area contributed by atoms with Crippen molar-refractivity contribution in [2.75, 3.05) is 0 Å². The SMILES string of the molecule is CC(C)Oc1cccc(-c2nccs2)n1. The highest BCUT2D eigenvalue weighted by atomic mass is 32.1. The minimum Gasteiger partial charge on any atom is -0.475 e. The molecule has 78 valence electrons. The zero-order valence-corrected chi connectivity index (χ0v) is 9.49. The van der Waals surface area contributed by atoms with Crippen molar-refractivity contribution in [2.45, 2.75) is 20.0 Å². The standard InChI is InChI=1S/C11H12N2OS/c1-8(2)14-10-5-3-4-9(13-10)11-12-6-7-15-11/h3-8H,1-2H3. The highest BCUT2D eigenvalue weighted by molar-refractivity contribution is 7.13. The molecule has 0 saturated heterocycles. The number of hydrogen-bond donors (Lipinski definition) is 0. The summed E-state index contributed by atoms with van der Waals surface area (Å²) in [7, 11) is 0. The molecule has 0 radical (unpaired) electrons. The zero-order valence-electron chi connectivity index (χ0n) is 8.68. The number of pyridine rings is 1. The number of rotatable bonds is 3. The van der Waals surface area contributed by atoms with Gasteiger partial charge in [-0.15, -0.1) is 11.3 Å². The van der Waals surface area contributed by atoms with Crippen molar-refractivity contribution in [3.63, 3.8) is 0 Å². The molecule has 3 nitrogen and oxygen atoms in total. The Morgan fingerprint density at radius 2 is 2.20 bits per heavy atom. The Balaban J connectivity index is 2.27. The van der Waals surface area contributed by atoms with Gasteiger partial charge in [0.25, 0.3) is 0 Å². The highest BCUT2D eigenvalue weighted by Crippen LogP contribution is 2.21. The fourth-order valence-electron chi connectivity index (χ4n) is 1.19. The number of thiazole rings is 1. The second kappa shape index (κ2) is 4.40. The Bertz CT molecular complexity index is 426. The Labute approximate surface area is 92.8 Å². The normalized spacial score (nSPS) is 10.6. The lowest BCUT2D eigenvalue weighted by atomic mass is 10.3. The van der Waals surface area contributed by atoms with E-state index in [4.69, 9.17) is 4.74 Å². The number of nitrogens with zero attached hydrogens (tertiary/aromatic N) is 2. The first-order valence-electron chi connectivity index (χ1n) is 4.79. The molecule has 0 fully saturated rings. The van der Waals surface area contributed by atoms with Gasteiger partial charge in [-0.25, -0.2) is 9.97 Å². The third kappa shape index (κ3) is 2.53. The summed E-state index contributed by atoms with van der Waals surface area (Å²) in [5.41, 5.74) is 0.864. The van der Waals surface area contributed by atoms with Crippen LogP contribution in [0.15, 0.2) is 29.8 Å². The summed E-state index contributed by atoms with van der Waals surface area (Å²) in [5, 5.41) is 2.86. The number of ether oxygens (including phenoxy) is 1. The van der Waals surface area contributed by atoms with Crippen LogP contribution in [-0.4, -0.2) is 16.1 Å². The van der Waals surface area contributed by atoms with Gasteiger partial charge in [-0.05, 0) is 19.9 Å². The maximum absolute atomic E-state index is 5.52. The van der Waals surface area contributed by atoms with Crippen molar-refractivity contribution in [3.8, 4) is 16.6 Å². The molecule has 2 heterocycles. The first kappa shape index (κ1) is 10.1. The fraction of sp³-hybridized carbons (Fsp3) is 0.273. The Morgan fingerprint density at radius 3 is 2.87 bits per heavy atom. The summed E-state index contributed by atoms with van der Waals surface area (Å²) in [5.74, 6) is 0.651. The second-order valence-electron chi connectivity index (χ2n) is 3.36. The molecule has 2 rings (SSSR count). The van der Waals surface area contributed by atoms with Crippen molar-refractivity contribution in [1.82, 2.24) is 9.97 Å². The molecular formula is C11H12N2OS. The molecule has 0 aliphatic heterocycles. The van der Waals surface area contributed by atoms with Gasteiger partial charge in [0.15, 0.2) is 0 Å². The first-order valence-corrected chi connectivity index (χ1v) is 5.67. The van der Waals surface area contributed by atoms with E-state index in [1.165, 1.54) is 0 Å². The predicted octanol–water partition coefficient (Wildman–Crippen LogP) is 2.99. The molecule has 0 spiro atoms. The molecule has 0 aliphatic rings. The van der Waals surface area contributed by atoms with Crippen LogP contribution in [0.3, 0.4) is 0 Å². The van der Waals surface area contributed by atoms with Crippen LogP contribution in [0.25, 0.3) is 10.7 Å². The number of aromatic nitrogens is 2. The molecule has 0 aromatic carbocycles. The maximum atomic E-state index is 5.52. The van der Waals surface area contributed by atoms with E-state index in [0.29, 0.717) is 5.88 Å². The van der Waals surface area contributed by atoms with Crippen LogP contribution < -0.4 is 4.74 Å². The molecule has 0 bridgehead atoms. The quantitative estimate of drug-likeness (QED) is 0.797. The lowest BCUT2D eigenvalue weighted by Crippen LogP contribution is -2.06. The van der Waals surface area contributed by atoms with Gasteiger partial charge in [0.2, 0.25) is 5.88 Å². The molecule has 0 aliphatic carbocycles. The van der Waals surface area contributed by atoms with Gasteiger partial charge >= 0.3 is 0 Å². The summed E-state index contributed by atoms with van der Waals surface area (Å²) in [4.78, 5) is 8.59. The lowest BCUT2D eigenvalue weighted by Gasteiger charge is -2.08. The lowest BCUT2D eigenvalue weighted by molar-refractivity contribution is 0.233. The van der Waals surface area contributed by atoms with E-state index < -0.39 is 0 Å². The van der Waals surface area contributed by atoms with E-state index in [9.17, 15) is 0 Å². The van der Waals surface area contributed by atoms with Crippen molar-refractivity contribution in [1.29, 1.82) is 0 Å². The summed E-state index contributed by atoms with van der Waals surface area (Å²) in [6, 6.07) is 5.73. The smallest absolute Gasteiger partial charge is 0.214 e. The minimum absolute atomic E-state index is 0.143. The van der Waals surface area contributed by atoms with Gasteiger partial charge < -0.3 is 4.74 Å². The van der Waals surface area contributed by atoms with Crippen molar-refractivity contribution in [2.24, 2.45) is 0 Å². The van der Waals surface area contributed by atoms with Crippen LogP contribution in [-0.2, 0) is 0 Å². The van der Waals surface area contributed by atoms with E-state index in [1.54, 1.807) is 17.5 Å². The van der Waals surface area contributed by atoms with Crippen LogP contribution in [0.5, 0.6) is 5.88 Å². The van der Waals surface area contributed by atoms with E-state index in [1.807, 2.05) is 37.4 Å². The molecule has 2 aromatic rings. The van der Waals surface area contributed by atoms with E-state index in [2.05, 4.69) is 9.97 Å².